The molecule has 0 spiro atoms. The minimum atomic E-state index is 0.571. The zero-order valence-corrected chi connectivity index (χ0v) is 13.2. The van der Waals surface area contributed by atoms with Crippen LogP contribution in [0.5, 0.6) is 0 Å². The van der Waals surface area contributed by atoms with E-state index in [1.165, 1.54) is 29.3 Å². The van der Waals surface area contributed by atoms with Crippen LogP contribution in [0.3, 0.4) is 0 Å². The van der Waals surface area contributed by atoms with Crippen molar-refractivity contribution in [1.29, 1.82) is 0 Å². The second-order valence-electron chi connectivity index (χ2n) is 6.34. The molecule has 0 aliphatic heterocycles. The third-order valence-electron chi connectivity index (χ3n) is 4.66. The molecule has 3 heterocycles. The van der Waals surface area contributed by atoms with E-state index in [4.69, 9.17) is 0 Å². The summed E-state index contributed by atoms with van der Waals surface area (Å²) in [4.78, 5) is 7.76. The number of aromatic nitrogens is 5. The summed E-state index contributed by atoms with van der Waals surface area (Å²) in [5.74, 6) is 2.44. The van der Waals surface area contributed by atoms with Crippen LogP contribution < -0.4 is 5.32 Å². The van der Waals surface area contributed by atoms with Gasteiger partial charge in [-0.15, -0.1) is 10.2 Å². The maximum absolute atomic E-state index is 4.44. The fraction of sp³-hybridized carbons (Fsp3) is 0.278. The molecule has 4 aromatic rings. The lowest BCUT2D eigenvalue weighted by molar-refractivity contribution is 0.894. The average Bonchev–Trinajstić information content (AvgIpc) is 3.23. The molecule has 24 heavy (non-hydrogen) atoms. The van der Waals surface area contributed by atoms with Crippen molar-refractivity contribution in [3.8, 4) is 0 Å². The van der Waals surface area contributed by atoms with Crippen molar-refractivity contribution in [2.45, 2.75) is 25.2 Å². The van der Waals surface area contributed by atoms with E-state index in [1.54, 1.807) is 0 Å². The predicted molar refractivity (Wildman–Crippen MR) is 93.2 cm³/mol. The van der Waals surface area contributed by atoms with Crippen molar-refractivity contribution in [1.82, 2.24) is 24.6 Å². The maximum Gasteiger partial charge on any atom is 0.203 e. The third-order valence-corrected chi connectivity index (χ3v) is 4.66. The Morgan fingerprint density at radius 1 is 1.21 bits per heavy atom. The van der Waals surface area contributed by atoms with Gasteiger partial charge in [0.05, 0.1) is 0 Å². The van der Waals surface area contributed by atoms with Gasteiger partial charge < -0.3 is 10.3 Å². The van der Waals surface area contributed by atoms with Gasteiger partial charge in [0, 0.05) is 42.0 Å². The highest BCUT2D eigenvalue weighted by molar-refractivity contribution is 5.83. The van der Waals surface area contributed by atoms with Gasteiger partial charge >= 0.3 is 0 Å². The van der Waals surface area contributed by atoms with Crippen molar-refractivity contribution < 1.29 is 0 Å². The second-order valence-corrected chi connectivity index (χ2v) is 6.34. The van der Waals surface area contributed by atoms with Crippen molar-refractivity contribution in [2.75, 3.05) is 11.9 Å². The number of nitrogens with one attached hydrogen (secondary N) is 2. The number of H-pyrrole nitrogens is 1. The fourth-order valence-corrected chi connectivity index (χ4v) is 3.24. The molecule has 1 aliphatic carbocycles. The second kappa shape index (κ2) is 5.33. The molecule has 1 fully saturated rings. The Kier molecular flexibility index (Phi) is 3.01. The molecule has 120 valence electrons. The van der Waals surface area contributed by atoms with E-state index in [-0.39, 0.29) is 0 Å². The number of para-hydroxylation sites is 1. The van der Waals surface area contributed by atoms with Gasteiger partial charge in [-0.1, -0.05) is 18.2 Å². The Bertz CT molecular complexity index is 1010. The Labute approximate surface area is 138 Å². The van der Waals surface area contributed by atoms with Crippen molar-refractivity contribution in [3.05, 3.63) is 54.2 Å². The lowest BCUT2D eigenvalue weighted by Gasteiger charge is -2.06. The first kappa shape index (κ1) is 13.5. The molecule has 0 atom stereocenters. The van der Waals surface area contributed by atoms with E-state index in [1.807, 2.05) is 18.5 Å². The number of fused-ring (bicyclic) bond motifs is 2. The van der Waals surface area contributed by atoms with Crippen LogP contribution in [0, 0.1) is 0 Å². The van der Waals surface area contributed by atoms with E-state index in [0.29, 0.717) is 5.92 Å². The minimum Gasteiger partial charge on any atom is -0.367 e. The van der Waals surface area contributed by atoms with Gasteiger partial charge in [-0.05, 0) is 30.9 Å². The number of rotatable bonds is 5. The lowest BCUT2D eigenvalue weighted by atomic mass is 10.1. The van der Waals surface area contributed by atoms with E-state index in [9.17, 15) is 0 Å². The summed E-state index contributed by atoms with van der Waals surface area (Å²) in [5.41, 5.74) is 3.31. The molecule has 1 aromatic carbocycles. The summed E-state index contributed by atoms with van der Waals surface area (Å²) < 4.78 is 2.07. The van der Waals surface area contributed by atoms with E-state index < -0.39 is 0 Å². The maximum atomic E-state index is 4.44. The lowest BCUT2D eigenvalue weighted by Crippen LogP contribution is -2.08. The molecule has 6 heteroatoms. The van der Waals surface area contributed by atoms with Gasteiger partial charge in [0.25, 0.3) is 0 Å². The van der Waals surface area contributed by atoms with Gasteiger partial charge in [0.1, 0.15) is 5.82 Å². The van der Waals surface area contributed by atoms with Gasteiger partial charge in [0.15, 0.2) is 5.82 Å². The number of anilines is 1. The largest absolute Gasteiger partial charge is 0.367 e. The van der Waals surface area contributed by atoms with Crippen LogP contribution in [0.4, 0.5) is 5.82 Å². The molecule has 5 rings (SSSR count). The van der Waals surface area contributed by atoms with Gasteiger partial charge in [0.2, 0.25) is 5.65 Å². The Hall–Kier alpha value is -2.89. The zero-order chi connectivity index (χ0) is 15.9. The molecular weight excluding hydrogens is 300 g/mol. The van der Waals surface area contributed by atoms with Crippen LogP contribution in [0.15, 0.2) is 42.9 Å². The average molecular weight is 318 g/mol. The molecule has 0 saturated heterocycles. The quantitative estimate of drug-likeness (QED) is 0.593. The Balaban J connectivity index is 1.36. The van der Waals surface area contributed by atoms with Crippen LogP contribution in [0.2, 0.25) is 0 Å². The van der Waals surface area contributed by atoms with Crippen LogP contribution in [-0.4, -0.2) is 31.1 Å². The molecule has 1 saturated carbocycles. The van der Waals surface area contributed by atoms with Crippen LogP contribution in [0.1, 0.15) is 30.1 Å². The molecule has 1 aliphatic rings. The number of hydrogen-bond acceptors (Lipinski definition) is 4. The molecule has 3 aromatic heterocycles. The summed E-state index contributed by atoms with van der Waals surface area (Å²) >= 11 is 0. The van der Waals surface area contributed by atoms with E-state index >= 15 is 0 Å². The topological polar surface area (TPSA) is 70.9 Å². The standard InChI is InChI=1S/C18H18N6/c1-2-4-15-14(3-1)13(11-21-15)7-8-19-16-18-23-22-17(12-5-6-12)24(18)10-9-20-16/h1-4,9-12,21H,5-8H2,(H,19,20). The highest BCUT2D eigenvalue weighted by atomic mass is 15.3. The fourth-order valence-electron chi connectivity index (χ4n) is 3.24. The third kappa shape index (κ3) is 2.22. The molecule has 6 nitrogen and oxygen atoms in total. The first-order valence-electron chi connectivity index (χ1n) is 8.38. The highest BCUT2D eigenvalue weighted by Crippen LogP contribution is 2.39. The summed E-state index contributed by atoms with van der Waals surface area (Å²) in [6.07, 6.45) is 9.21. The van der Waals surface area contributed by atoms with Gasteiger partial charge in [-0.2, -0.15) is 0 Å². The first-order valence-corrected chi connectivity index (χ1v) is 8.38. The van der Waals surface area contributed by atoms with E-state index in [0.717, 1.165) is 30.3 Å². The Morgan fingerprint density at radius 3 is 3.04 bits per heavy atom. The highest BCUT2D eigenvalue weighted by Gasteiger charge is 2.29. The van der Waals surface area contributed by atoms with E-state index in [2.05, 4.69) is 54.3 Å². The number of nitrogens with zero attached hydrogens (tertiary/aromatic N) is 4. The van der Waals surface area contributed by atoms with Crippen LogP contribution in [0.25, 0.3) is 16.6 Å². The summed E-state index contributed by atoms with van der Waals surface area (Å²) in [6.45, 7) is 0.806. The van der Waals surface area contributed by atoms with Crippen molar-refractivity contribution >= 4 is 22.4 Å². The predicted octanol–water partition coefficient (Wildman–Crippen LogP) is 3.14. The first-order chi connectivity index (χ1) is 11.9. The zero-order valence-electron chi connectivity index (χ0n) is 13.2. The molecule has 0 amide bonds. The minimum absolute atomic E-state index is 0.571. The van der Waals surface area contributed by atoms with Gasteiger partial charge in [-0.3, -0.25) is 4.40 Å². The number of aromatic amines is 1. The van der Waals surface area contributed by atoms with Gasteiger partial charge in [-0.25, -0.2) is 4.98 Å². The Morgan fingerprint density at radius 2 is 2.12 bits per heavy atom. The van der Waals surface area contributed by atoms with Crippen molar-refractivity contribution in [3.63, 3.8) is 0 Å². The SMILES string of the molecule is c1ccc2c(CCNc3nccn4c(C5CC5)nnc34)c[nH]c2c1. The monoisotopic (exact) mass is 318 g/mol. The molecule has 2 N–H and O–H groups in total. The van der Waals surface area contributed by atoms with Crippen LogP contribution in [-0.2, 0) is 6.42 Å². The molecule has 0 unspecified atom stereocenters. The van der Waals surface area contributed by atoms with Crippen molar-refractivity contribution in [2.24, 2.45) is 0 Å². The normalized spacial score (nSPS) is 14.5. The summed E-state index contributed by atoms with van der Waals surface area (Å²) in [5, 5.41) is 13.4. The molecule has 0 bridgehead atoms. The smallest absolute Gasteiger partial charge is 0.203 e. The van der Waals surface area contributed by atoms with Crippen LogP contribution >= 0.6 is 0 Å². The number of hydrogen-bond donors (Lipinski definition) is 2. The summed E-state index contributed by atoms with van der Waals surface area (Å²) in [6, 6.07) is 8.38. The summed E-state index contributed by atoms with van der Waals surface area (Å²) in [7, 11) is 0. The molecular formula is C18H18N6. The number of benzene rings is 1. The molecule has 0 radical (unpaired) electrons.